The van der Waals surface area contributed by atoms with E-state index in [1.807, 2.05) is 31.2 Å². The highest BCUT2D eigenvalue weighted by atomic mass is 16.5. The summed E-state index contributed by atoms with van der Waals surface area (Å²) < 4.78 is 10.5. The van der Waals surface area contributed by atoms with Crippen molar-refractivity contribution in [1.82, 2.24) is 15.5 Å². The molecule has 0 aliphatic heterocycles. The fourth-order valence-corrected chi connectivity index (χ4v) is 3.14. The maximum Gasteiger partial charge on any atom is 0.306 e. The predicted molar refractivity (Wildman–Crippen MR) is 98.7 cm³/mol. The van der Waals surface area contributed by atoms with Gasteiger partial charge in [-0.25, -0.2) is 0 Å². The molecule has 28 heavy (non-hydrogen) atoms. The van der Waals surface area contributed by atoms with Crippen LogP contribution in [0.5, 0.6) is 0 Å². The van der Waals surface area contributed by atoms with E-state index >= 15 is 0 Å². The molecule has 0 bridgehead atoms. The van der Waals surface area contributed by atoms with E-state index in [4.69, 9.17) is 9.15 Å². The van der Waals surface area contributed by atoms with Crippen LogP contribution in [-0.4, -0.2) is 34.2 Å². The van der Waals surface area contributed by atoms with Crippen molar-refractivity contribution in [2.75, 3.05) is 6.61 Å². The minimum atomic E-state index is -0.820. The van der Waals surface area contributed by atoms with Crippen LogP contribution in [0.1, 0.15) is 43.6 Å². The van der Waals surface area contributed by atoms with Gasteiger partial charge >= 0.3 is 5.97 Å². The van der Waals surface area contributed by atoms with Gasteiger partial charge in [-0.1, -0.05) is 17.7 Å². The number of ether oxygens (including phenoxy) is 1. The van der Waals surface area contributed by atoms with Gasteiger partial charge in [0.25, 0.3) is 5.91 Å². The monoisotopic (exact) mass is 382 g/mol. The standard InChI is InChI=1S/C20H22N4O4/c1-14-4-6-15(7-5-14)19-24-23-17(28-19)8-9-18(26)27-12-16(25)22-20(13-21)10-2-3-11-20/h4-7H,2-3,8-12H2,1H3,(H,22,25). The van der Waals surface area contributed by atoms with E-state index in [1.54, 1.807) is 0 Å². The number of carbonyl (C=O) groups excluding carboxylic acids is 2. The molecule has 0 spiro atoms. The summed E-state index contributed by atoms with van der Waals surface area (Å²) in [6.07, 6.45) is 3.31. The fourth-order valence-electron chi connectivity index (χ4n) is 3.14. The molecule has 0 radical (unpaired) electrons. The van der Waals surface area contributed by atoms with Gasteiger partial charge in [-0.3, -0.25) is 9.59 Å². The first-order valence-corrected chi connectivity index (χ1v) is 9.27. The number of amides is 1. The summed E-state index contributed by atoms with van der Waals surface area (Å²) in [6, 6.07) is 9.83. The molecular weight excluding hydrogens is 360 g/mol. The van der Waals surface area contributed by atoms with E-state index in [0.29, 0.717) is 24.6 Å². The molecule has 0 atom stereocenters. The number of nitrogens with one attached hydrogen (secondary N) is 1. The van der Waals surface area contributed by atoms with Gasteiger partial charge in [-0.15, -0.1) is 10.2 Å². The van der Waals surface area contributed by atoms with Crippen molar-refractivity contribution in [3.63, 3.8) is 0 Å². The molecule has 1 amide bonds. The minimum Gasteiger partial charge on any atom is -0.456 e. The van der Waals surface area contributed by atoms with Gasteiger partial charge in [0.2, 0.25) is 11.8 Å². The van der Waals surface area contributed by atoms with Crippen molar-refractivity contribution in [3.8, 4) is 17.5 Å². The van der Waals surface area contributed by atoms with Crippen LogP contribution in [0, 0.1) is 18.3 Å². The molecule has 1 aromatic heterocycles. The Kier molecular flexibility index (Phi) is 6.04. The molecule has 1 aromatic carbocycles. The molecule has 146 valence electrons. The highest BCUT2D eigenvalue weighted by molar-refractivity contribution is 5.81. The normalized spacial score (nSPS) is 15.0. The van der Waals surface area contributed by atoms with Crippen LogP contribution in [-0.2, 0) is 20.7 Å². The largest absolute Gasteiger partial charge is 0.456 e. The average Bonchev–Trinajstić information content (AvgIpc) is 3.35. The number of nitriles is 1. The van der Waals surface area contributed by atoms with E-state index in [2.05, 4.69) is 21.6 Å². The number of nitrogens with zero attached hydrogens (tertiary/aromatic N) is 3. The minimum absolute atomic E-state index is 0.0200. The van der Waals surface area contributed by atoms with Crippen LogP contribution in [0.25, 0.3) is 11.5 Å². The number of benzene rings is 1. The zero-order valence-electron chi connectivity index (χ0n) is 15.7. The number of aryl methyl sites for hydroxylation is 2. The van der Waals surface area contributed by atoms with Gasteiger partial charge in [0.1, 0.15) is 5.54 Å². The molecule has 1 heterocycles. The molecule has 1 fully saturated rings. The Balaban J connectivity index is 1.43. The number of aromatic nitrogens is 2. The first kappa shape index (κ1) is 19.5. The third kappa shape index (κ3) is 4.94. The third-order valence-corrected chi connectivity index (χ3v) is 4.72. The van der Waals surface area contributed by atoms with E-state index in [1.165, 1.54) is 0 Å². The quantitative estimate of drug-likeness (QED) is 0.731. The summed E-state index contributed by atoms with van der Waals surface area (Å²) in [5.74, 6) is -0.286. The maximum absolute atomic E-state index is 11.9. The molecule has 1 aliphatic rings. The maximum atomic E-state index is 11.9. The molecule has 8 heteroatoms. The number of carbonyl (C=O) groups is 2. The second kappa shape index (κ2) is 8.65. The summed E-state index contributed by atoms with van der Waals surface area (Å²) in [5.41, 5.74) is 1.12. The van der Waals surface area contributed by atoms with Crippen molar-refractivity contribution >= 4 is 11.9 Å². The second-order valence-corrected chi connectivity index (χ2v) is 6.98. The van der Waals surface area contributed by atoms with Crippen LogP contribution in [0.15, 0.2) is 28.7 Å². The first-order valence-electron chi connectivity index (χ1n) is 9.27. The van der Waals surface area contributed by atoms with Crippen molar-refractivity contribution in [2.24, 2.45) is 0 Å². The molecule has 0 saturated heterocycles. The number of hydrogen-bond donors (Lipinski definition) is 1. The lowest BCUT2D eigenvalue weighted by Gasteiger charge is -2.21. The van der Waals surface area contributed by atoms with Crippen molar-refractivity contribution in [1.29, 1.82) is 5.26 Å². The van der Waals surface area contributed by atoms with Gasteiger partial charge < -0.3 is 14.5 Å². The second-order valence-electron chi connectivity index (χ2n) is 6.98. The lowest BCUT2D eigenvalue weighted by atomic mass is 10.00. The molecule has 2 aromatic rings. The molecule has 1 saturated carbocycles. The zero-order chi connectivity index (χ0) is 20.0. The molecule has 1 aliphatic carbocycles. The zero-order valence-corrected chi connectivity index (χ0v) is 15.7. The van der Waals surface area contributed by atoms with Crippen LogP contribution in [0.4, 0.5) is 0 Å². The molecule has 3 rings (SSSR count). The molecule has 0 unspecified atom stereocenters. The van der Waals surface area contributed by atoms with Crippen LogP contribution >= 0.6 is 0 Å². The number of hydrogen-bond acceptors (Lipinski definition) is 7. The summed E-state index contributed by atoms with van der Waals surface area (Å²) >= 11 is 0. The van der Waals surface area contributed by atoms with Gasteiger partial charge in [0.05, 0.1) is 12.5 Å². The van der Waals surface area contributed by atoms with Crippen molar-refractivity contribution in [2.45, 2.75) is 51.0 Å². The number of esters is 1. The van der Waals surface area contributed by atoms with Gasteiger partial charge in [0, 0.05) is 12.0 Å². The summed E-state index contributed by atoms with van der Waals surface area (Å²) in [6.45, 7) is 1.59. The van der Waals surface area contributed by atoms with E-state index < -0.39 is 24.0 Å². The van der Waals surface area contributed by atoms with Gasteiger partial charge in [-0.2, -0.15) is 5.26 Å². The summed E-state index contributed by atoms with van der Waals surface area (Å²) in [4.78, 5) is 23.8. The lowest BCUT2D eigenvalue weighted by molar-refractivity contribution is -0.148. The summed E-state index contributed by atoms with van der Waals surface area (Å²) in [5, 5.41) is 19.8. The highest BCUT2D eigenvalue weighted by Gasteiger charge is 2.35. The smallest absolute Gasteiger partial charge is 0.306 e. The van der Waals surface area contributed by atoms with Crippen molar-refractivity contribution < 1.29 is 18.7 Å². The molecule has 1 N–H and O–H groups in total. The SMILES string of the molecule is Cc1ccc(-c2nnc(CCC(=O)OCC(=O)NC3(C#N)CCCC3)o2)cc1. The third-order valence-electron chi connectivity index (χ3n) is 4.72. The van der Waals surface area contributed by atoms with E-state index in [-0.39, 0.29) is 12.8 Å². The number of rotatable bonds is 7. The van der Waals surface area contributed by atoms with Crippen LogP contribution in [0.2, 0.25) is 0 Å². The predicted octanol–water partition coefficient (Wildman–Crippen LogP) is 2.47. The highest BCUT2D eigenvalue weighted by Crippen LogP contribution is 2.28. The Hall–Kier alpha value is -3.21. The van der Waals surface area contributed by atoms with E-state index in [9.17, 15) is 14.9 Å². The van der Waals surface area contributed by atoms with Crippen molar-refractivity contribution in [3.05, 3.63) is 35.7 Å². The molecular formula is C20H22N4O4. The van der Waals surface area contributed by atoms with Gasteiger partial charge in [-0.05, 0) is 44.7 Å². The Bertz CT molecular complexity index is 876. The van der Waals surface area contributed by atoms with Crippen LogP contribution in [0.3, 0.4) is 0 Å². The first-order chi connectivity index (χ1) is 13.5. The van der Waals surface area contributed by atoms with E-state index in [0.717, 1.165) is 24.0 Å². The van der Waals surface area contributed by atoms with Crippen LogP contribution < -0.4 is 5.32 Å². The Morgan fingerprint density at radius 1 is 1.25 bits per heavy atom. The lowest BCUT2D eigenvalue weighted by Crippen LogP contribution is -2.46. The summed E-state index contributed by atoms with van der Waals surface area (Å²) in [7, 11) is 0. The Morgan fingerprint density at radius 2 is 1.96 bits per heavy atom. The fraction of sp³-hybridized carbons (Fsp3) is 0.450. The molecule has 8 nitrogen and oxygen atoms in total. The Morgan fingerprint density at radius 3 is 2.64 bits per heavy atom. The Labute approximate surface area is 162 Å². The van der Waals surface area contributed by atoms with Gasteiger partial charge in [0.15, 0.2) is 6.61 Å². The average molecular weight is 382 g/mol. The topological polar surface area (TPSA) is 118 Å².